The number of carbonyl (C=O) groups is 1. The molecular weight excluding hydrogens is 336 g/mol. The Hall–Kier alpha value is -1.98. The minimum absolute atomic E-state index is 0.0228. The van der Waals surface area contributed by atoms with Crippen LogP contribution in [0.5, 0.6) is 5.75 Å². The van der Waals surface area contributed by atoms with Gasteiger partial charge in [-0.25, -0.2) is 4.79 Å². The Morgan fingerprint density at radius 2 is 1.88 bits per heavy atom. The topological polar surface area (TPSA) is 55.8 Å². The Bertz CT molecular complexity index is 712. The van der Waals surface area contributed by atoms with Crippen LogP contribution in [0, 0.1) is 6.92 Å². The van der Waals surface area contributed by atoms with Gasteiger partial charge < -0.3 is 14.6 Å². The Labute approximate surface area is 152 Å². The zero-order chi connectivity index (χ0) is 18.4. The molecule has 0 fully saturated rings. The SMILES string of the molecule is COCC(C)OC(=O)c1ccc(C[S+](C)c2ccc(O)cc2C)cc1. The number of aromatic hydroxyl groups is 1. The normalized spacial score (nSPS) is 13.3. The minimum Gasteiger partial charge on any atom is -0.508 e. The molecule has 1 N–H and O–H groups in total. The van der Waals surface area contributed by atoms with E-state index in [2.05, 4.69) is 6.26 Å². The van der Waals surface area contributed by atoms with Crippen molar-refractivity contribution in [2.75, 3.05) is 20.0 Å². The molecule has 2 rings (SSSR count). The number of phenols is 1. The summed E-state index contributed by atoms with van der Waals surface area (Å²) in [5.41, 5.74) is 2.81. The number of methoxy groups -OCH3 is 1. The molecule has 4 nitrogen and oxygen atoms in total. The van der Waals surface area contributed by atoms with E-state index in [4.69, 9.17) is 9.47 Å². The maximum Gasteiger partial charge on any atom is 0.338 e. The van der Waals surface area contributed by atoms with E-state index in [0.717, 1.165) is 11.3 Å². The average Bonchev–Trinajstić information content (AvgIpc) is 2.55. The second-order valence-electron chi connectivity index (χ2n) is 6.10. The molecule has 5 heteroatoms. The number of phenolic OH excluding ortho intramolecular Hbond substituents is 1. The standard InChI is InChI=1S/C20H24O4S/c1-14-11-18(21)9-10-19(14)25(4)13-16-5-7-17(8-6-16)20(22)24-15(2)12-23-3/h5-11,15H,12-13H2,1-4H3/p+1. The van der Waals surface area contributed by atoms with E-state index in [0.29, 0.717) is 17.9 Å². The highest BCUT2D eigenvalue weighted by molar-refractivity contribution is 7.95. The monoisotopic (exact) mass is 361 g/mol. The quantitative estimate of drug-likeness (QED) is 0.603. The summed E-state index contributed by atoms with van der Waals surface area (Å²) in [4.78, 5) is 13.3. The number of ether oxygens (including phenoxy) is 2. The number of hydrogen-bond donors (Lipinski definition) is 1. The van der Waals surface area contributed by atoms with Gasteiger partial charge in [0.2, 0.25) is 0 Å². The van der Waals surface area contributed by atoms with Crippen molar-refractivity contribution < 1.29 is 19.4 Å². The Morgan fingerprint density at radius 1 is 1.20 bits per heavy atom. The number of esters is 1. The third-order valence-electron chi connectivity index (χ3n) is 3.82. The van der Waals surface area contributed by atoms with Crippen LogP contribution in [0.25, 0.3) is 0 Å². The molecule has 0 amide bonds. The summed E-state index contributed by atoms with van der Waals surface area (Å²) in [6.07, 6.45) is 1.92. The molecule has 2 unspecified atom stereocenters. The zero-order valence-corrected chi connectivity index (χ0v) is 15.9. The molecule has 2 atom stereocenters. The molecular formula is C20H25O4S+. The first-order chi connectivity index (χ1) is 11.9. The van der Waals surface area contributed by atoms with Crippen LogP contribution >= 0.6 is 0 Å². The van der Waals surface area contributed by atoms with Crippen molar-refractivity contribution in [3.63, 3.8) is 0 Å². The number of benzene rings is 2. The van der Waals surface area contributed by atoms with Gasteiger partial charge in [-0.3, -0.25) is 0 Å². The van der Waals surface area contributed by atoms with Gasteiger partial charge in [0.1, 0.15) is 23.9 Å². The summed E-state index contributed by atoms with van der Waals surface area (Å²) in [6, 6.07) is 13.0. The number of rotatable bonds is 7. The van der Waals surface area contributed by atoms with Crippen LogP contribution in [0.4, 0.5) is 0 Å². The highest BCUT2D eigenvalue weighted by Gasteiger charge is 2.19. The second kappa shape index (κ2) is 8.92. The lowest BCUT2D eigenvalue weighted by Gasteiger charge is -2.12. The molecule has 25 heavy (non-hydrogen) atoms. The van der Waals surface area contributed by atoms with Crippen molar-refractivity contribution in [3.05, 3.63) is 59.2 Å². The molecule has 0 aromatic heterocycles. The predicted molar refractivity (Wildman–Crippen MR) is 101 cm³/mol. The van der Waals surface area contributed by atoms with E-state index < -0.39 is 0 Å². The van der Waals surface area contributed by atoms with Crippen molar-refractivity contribution in [1.29, 1.82) is 0 Å². The average molecular weight is 361 g/mol. The second-order valence-corrected chi connectivity index (χ2v) is 8.10. The van der Waals surface area contributed by atoms with Gasteiger partial charge in [-0.05, 0) is 44.2 Å². The summed E-state index contributed by atoms with van der Waals surface area (Å²) in [6.45, 7) is 4.20. The molecule has 2 aromatic rings. The number of aryl methyl sites for hydroxylation is 1. The highest BCUT2D eigenvalue weighted by atomic mass is 32.2. The van der Waals surface area contributed by atoms with Gasteiger partial charge in [-0.2, -0.15) is 0 Å². The fraction of sp³-hybridized carbons (Fsp3) is 0.350. The van der Waals surface area contributed by atoms with E-state index in [9.17, 15) is 9.90 Å². The molecule has 0 aliphatic heterocycles. The Balaban J connectivity index is 2.01. The van der Waals surface area contributed by atoms with Crippen LogP contribution in [-0.4, -0.2) is 37.2 Å². The van der Waals surface area contributed by atoms with Gasteiger partial charge in [0.05, 0.1) is 12.2 Å². The number of carbonyl (C=O) groups excluding carboxylic acids is 1. The largest absolute Gasteiger partial charge is 0.508 e. The summed E-state index contributed by atoms with van der Waals surface area (Å²) in [7, 11) is 1.60. The molecule has 0 radical (unpaired) electrons. The third kappa shape index (κ3) is 5.51. The van der Waals surface area contributed by atoms with Crippen LogP contribution in [0.3, 0.4) is 0 Å². The first kappa shape index (κ1) is 19.3. The fourth-order valence-corrected chi connectivity index (χ4v) is 4.37. The van der Waals surface area contributed by atoms with Gasteiger partial charge in [-0.1, -0.05) is 12.1 Å². The maximum atomic E-state index is 12.1. The van der Waals surface area contributed by atoms with Gasteiger partial charge >= 0.3 is 5.97 Å². The van der Waals surface area contributed by atoms with Gasteiger partial charge in [0.25, 0.3) is 0 Å². The number of hydrogen-bond acceptors (Lipinski definition) is 4. The molecule has 0 heterocycles. The molecule has 0 saturated carbocycles. The molecule has 134 valence electrons. The molecule has 0 saturated heterocycles. The first-order valence-corrected chi connectivity index (χ1v) is 9.92. The summed E-state index contributed by atoms with van der Waals surface area (Å²) >= 11 is 0. The van der Waals surface area contributed by atoms with E-state index in [1.807, 2.05) is 25.1 Å². The lowest BCUT2D eigenvalue weighted by Crippen LogP contribution is -2.19. The molecule has 0 spiro atoms. The molecule has 2 aromatic carbocycles. The van der Waals surface area contributed by atoms with Gasteiger partial charge in [0, 0.05) is 29.1 Å². The van der Waals surface area contributed by atoms with Crippen molar-refractivity contribution in [2.45, 2.75) is 30.6 Å². The van der Waals surface area contributed by atoms with Crippen molar-refractivity contribution in [1.82, 2.24) is 0 Å². The van der Waals surface area contributed by atoms with Crippen molar-refractivity contribution >= 4 is 16.9 Å². The van der Waals surface area contributed by atoms with E-state index in [1.54, 1.807) is 38.3 Å². The summed E-state index contributed by atoms with van der Waals surface area (Å²) < 4.78 is 10.3. The van der Waals surface area contributed by atoms with Crippen LogP contribution in [0.15, 0.2) is 47.4 Å². The van der Waals surface area contributed by atoms with Crippen LogP contribution in [0.2, 0.25) is 0 Å². The summed E-state index contributed by atoms with van der Waals surface area (Å²) in [5, 5.41) is 9.54. The molecule has 0 aliphatic carbocycles. The van der Waals surface area contributed by atoms with Gasteiger partial charge in [0.15, 0.2) is 4.90 Å². The minimum atomic E-state index is -0.332. The van der Waals surface area contributed by atoms with E-state index in [-0.39, 0.29) is 23.0 Å². The zero-order valence-electron chi connectivity index (χ0n) is 15.1. The lowest BCUT2D eigenvalue weighted by molar-refractivity contribution is 0.0120. The smallest absolute Gasteiger partial charge is 0.338 e. The molecule has 0 aliphatic rings. The Morgan fingerprint density at radius 3 is 2.48 bits per heavy atom. The van der Waals surface area contributed by atoms with Crippen LogP contribution in [0.1, 0.15) is 28.4 Å². The third-order valence-corrected chi connectivity index (χ3v) is 5.79. The van der Waals surface area contributed by atoms with Crippen molar-refractivity contribution in [2.24, 2.45) is 0 Å². The maximum absolute atomic E-state index is 12.1. The van der Waals surface area contributed by atoms with E-state index in [1.165, 1.54) is 10.5 Å². The fourth-order valence-electron chi connectivity index (χ4n) is 2.61. The Kier molecular flexibility index (Phi) is 6.91. The van der Waals surface area contributed by atoms with Crippen LogP contribution in [-0.2, 0) is 26.1 Å². The lowest BCUT2D eigenvalue weighted by atomic mass is 10.1. The first-order valence-electron chi connectivity index (χ1n) is 8.11. The highest BCUT2D eigenvalue weighted by Crippen LogP contribution is 2.24. The predicted octanol–water partition coefficient (Wildman–Crippen LogP) is 3.70. The van der Waals surface area contributed by atoms with E-state index >= 15 is 0 Å². The molecule has 0 bridgehead atoms. The van der Waals surface area contributed by atoms with Crippen molar-refractivity contribution in [3.8, 4) is 5.75 Å². The van der Waals surface area contributed by atoms with Crippen LogP contribution < -0.4 is 0 Å². The summed E-state index contributed by atoms with van der Waals surface area (Å²) in [5.74, 6) is 0.853. The van der Waals surface area contributed by atoms with Gasteiger partial charge in [-0.15, -0.1) is 0 Å².